The molecule has 1 aromatic carbocycles. The van der Waals surface area contributed by atoms with Gasteiger partial charge >= 0.3 is 0 Å². The number of aliphatic hydroxyl groups is 1. The standard InChI is InChI=1S/C17H20FN3O3S/c18-13-3-1-2-12(6-13)7-15-21-14(8-25-15)16(23)19-9-17(10-22)11-24-5-4-20-17/h1-3,6,8,20,22H,4-5,7,9-11H2,(H,19,23). The summed E-state index contributed by atoms with van der Waals surface area (Å²) in [6.45, 7) is 1.68. The lowest BCUT2D eigenvalue weighted by atomic mass is 10.0. The van der Waals surface area contributed by atoms with Crippen molar-refractivity contribution in [3.63, 3.8) is 0 Å². The van der Waals surface area contributed by atoms with Crippen molar-refractivity contribution in [2.24, 2.45) is 0 Å². The van der Waals surface area contributed by atoms with Crippen LogP contribution >= 0.6 is 11.3 Å². The molecule has 2 heterocycles. The van der Waals surface area contributed by atoms with Crippen molar-refractivity contribution in [3.05, 3.63) is 51.7 Å². The zero-order chi connectivity index (χ0) is 17.7. The van der Waals surface area contributed by atoms with Gasteiger partial charge in [-0.2, -0.15) is 0 Å². The summed E-state index contributed by atoms with van der Waals surface area (Å²) in [7, 11) is 0. The largest absolute Gasteiger partial charge is 0.394 e. The normalized spacial score (nSPS) is 20.4. The summed E-state index contributed by atoms with van der Waals surface area (Å²) in [6.07, 6.45) is 0.478. The second kappa shape index (κ2) is 8.01. The first-order valence-corrected chi connectivity index (χ1v) is 8.89. The average Bonchev–Trinajstić information content (AvgIpc) is 3.09. The zero-order valence-electron chi connectivity index (χ0n) is 13.6. The van der Waals surface area contributed by atoms with Crippen LogP contribution in [-0.2, 0) is 11.2 Å². The third kappa shape index (κ3) is 4.60. The highest BCUT2D eigenvalue weighted by molar-refractivity contribution is 7.09. The van der Waals surface area contributed by atoms with Crippen LogP contribution < -0.4 is 10.6 Å². The predicted octanol–water partition coefficient (Wildman–Crippen LogP) is 0.954. The molecule has 1 atom stereocenters. The van der Waals surface area contributed by atoms with E-state index in [2.05, 4.69) is 15.6 Å². The molecule has 1 aliphatic heterocycles. The topological polar surface area (TPSA) is 83.5 Å². The first-order valence-electron chi connectivity index (χ1n) is 8.01. The second-order valence-electron chi connectivity index (χ2n) is 6.03. The van der Waals surface area contributed by atoms with Crippen LogP contribution in [-0.4, -0.2) is 54.4 Å². The van der Waals surface area contributed by atoms with E-state index in [1.165, 1.54) is 23.5 Å². The highest BCUT2D eigenvalue weighted by atomic mass is 32.1. The molecular formula is C17H20FN3O3S. The number of nitrogens with one attached hydrogen (secondary N) is 2. The lowest BCUT2D eigenvalue weighted by molar-refractivity contribution is 0.0000136. The maximum absolute atomic E-state index is 13.2. The number of nitrogens with zero attached hydrogens (tertiary/aromatic N) is 1. The van der Waals surface area contributed by atoms with Crippen molar-refractivity contribution < 1.29 is 19.0 Å². The molecule has 0 bridgehead atoms. The Morgan fingerprint density at radius 3 is 3.12 bits per heavy atom. The molecule has 1 fully saturated rings. The van der Waals surface area contributed by atoms with Crippen molar-refractivity contribution in [3.8, 4) is 0 Å². The van der Waals surface area contributed by atoms with Gasteiger partial charge in [0.2, 0.25) is 0 Å². The molecule has 3 rings (SSSR count). The van der Waals surface area contributed by atoms with E-state index in [0.29, 0.717) is 31.9 Å². The van der Waals surface area contributed by atoms with Crippen LogP contribution in [0.15, 0.2) is 29.6 Å². The lowest BCUT2D eigenvalue weighted by Crippen LogP contribution is -2.62. The molecule has 0 saturated carbocycles. The number of morpholine rings is 1. The van der Waals surface area contributed by atoms with Gasteiger partial charge in [0.05, 0.1) is 30.4 Å². The summed E-state index contributed by atoms with van der Waals surface area (Å²) in [4.78, 5) is 16.6. The van der Waals surface area contributed by atoms with Gasteiger partial charge in [0.15, 0.2) is 0 Å². The number of hydrogen-bond donors (Lipinski definition) is 3. The smallest absolute Gasteiger partial charge is 0.270 e. The first-order chi connectivity index (χ1) is 12.1. The van der Waals surface area contributed by atoms with E-state index in [4.69, 9.17) is 4.74 Å². The van der Waals surface area contributed by atoms with Gasteiger partial charge < -0.3 is 20.5 Å². The SMILES string of the molecule is O=C(NCC1(CO)COCCN1)c1csc(Cc2cccc(F)c2)n1. The number of amides is 1. The van der Waals surface area contributed by atoms with Gasteiger partial charge in [0, 0.05) is 24.9 Å². The number of thiazole rings is 1. The van der Waals surface area contributed by atoms with Crippen LogP contribution in [0, 0.1) is 5.82 Å². The molecule has 8 heteroatoms. The summed E-state index contributed by atoms with van der Waals surface area (Å²) in [5.74, 6) is -0.592. The maximum atomic E-state index is 13.2. The van der Waals surface area contributed by atoms with E-state index in [1.54, 1.807) is 11.4 Å². The lowest BCUT2D eigenvalue weighted by Gasteiger charge is -2.36. The van der Waals surface area contributed by atoms with Crippen molar-refractivity contribution in [1.82, 2.24) is 15.6 Å². The van der Waals surface area contributed by atoms with E-state index >= 15 is 0 Å². The molecule has 1 aromatic heterocycles. The molecule has 1 saturated heterocycles. The van der Waals surface area contributed by atoms with E-state index in [9.17, 15) is 14.3 Å². The molecule has 0 spiro atoms. The number of aliphatic hydroxyl groups excluding tert-OH is 1. The number of carbonyl (C=O) groups excluding carboxylic acids is 1. The summed E-state index contributed by atoms with van der Waals surface area (Å²) < 4.78 is 18.6. The molecular weight excluding hydrogens is 345 g/mol. The van der Waals surface area contributed by atoms with Gasteiger partial charge in [-0.05, 0) is 17.7 Å². The van der Waals surface area contributed by atoms with E-state index < -0.39 is 5.54 Å². The number of aromatic nitrogens is 1. The Morgan fingerprint density at radius 1 is 1.52 bits per heavy atom. The first kappa shape index (κ1) is 17.9. The van der Waals surface area contributed by atoms with Crippen LogP contribution in [0.25, 0.3) is 0 Å². The Hall–Kier alpha value is -1.87. The number of halogens is 1. The van der Waals surface area contributed by atoms with Crippen molar-refractivity contribution in [2.75, 3.05) is 32.9 Å². The quantitative estimate of drug-likeness (QED) is 0.710. The van der Waals surface area contributed by atoms with Crippen molar-refractivity contribution in [2.45, 2.75) is 12.0 Å². The number of rotatable bonds is 6. The minimum absolute atomic E-state index is 0.130. The summed E-state index contributed by atoms with van der Waals surface area (Å²) in [5.41, 5.74) is 0.472. The maximum Gasteiger partial charge on any atom is 0.270 e. The number of ether oxygens (including phenoxy) is 1. The molecule has 3 N–H and O–H groups in total. The highest BCUT2D eigenvalue weighted by Gasteiger charge is 2.32. The Morgan fingerprint density at radius 2 is 2.40 bits per heavy atom. The van der Waals surface area contributed by atoms with Gasteiger partial charge in [-0.15, -0.1) is 11.3 Å². The Kier molecular flexibility index (Phi) is 5.74. The molecule has 6 nitrogen and oxygen atoms in total. The number of hydrogen-bond acceptors (Lipinski definition) is 6. The zero-order valence-corrected chi connectivity index (χ0v) is 14.4. The Bertz CT molecular complexity index is 731. The van der Waals surface area contributed by atoms with Gasteiger partial charge in [0.25, 0.3) is 5.91 Å². The third-order valence-electron chi connectivity index (χ3n) is 4.04. The van der Waals surface area contributed by atoms with Gasteiger partial charge in [0.1, 0.15) is 11.5 Å². The molecule has 1 aliphatic rings. The van der Waals surface area contributed by atoms with E-state index in [0.717, 1.165) is 10.6 Å². The fraction of sp³-hybridized carbons (Fsp3) is 0.412. The van der Waals surface area contributed by atoms with Crippen LogP contribution in [0.5, 0.6) is 0 Å². The number of benzene rings is 1. The van der Waals surface area contributed by atoms with Crippen molar-refractivity contribution in [1.29, 1.82) is 0 Å². The van der Waals surface area contributed by atoms with E-state index in [-0.39, 0.29) is 24.9 Å². The van der Waals surface area contributed by atoms with Crippen LogP contribution in [0.1, 0.15) is 21.1 Å². The van der Waals surface area contributed by atoms with Crippen LogP contribution in [0.2, 0.25) is 0 Å². The van der Waals surface area contributed by atoms with Crippen molar-refractivity contribution >= 4 is 17.2 Å². The van der Waals surface area contributed by atoms with E-state index in [1.807, 2.05) is 6.07 Å². The molecule has 0 aliphatic carbocycles. The molecule has 134 valence electrons. The molecule has 25 heavy (non-hydrogen) atoms. The fourth-order valence-electron chi connectivity index (χ4n) is 2.64. The molecule has 1 unspecified atom stereocenters. The molecule has 1 amide bonds. The molecule has 0 radical (unpaired) electrons. The average molecular weight is 365 g/mol. The minimum Gasteiger partial charge on any atom is -0.394 e. The summed E-state index contributed by atoms with van der Waals surface area (Å²) in [5, 5.41) is 18.0. The minimum atomic E-state index is -0.658. The van der Waals surface area contributed by atoms with Gasteiger partial charge in [-0.3, -0.25) is 4.79 Å². The molecule has 2 aromatic rings. The Labute approximate surface area is 149 Å². The van der Waals surface area contributed by atoms with Gasteiger partial charge in [-0.1, -0.05) is 12.1 Å². The van der Waals surface area contributed by atoms with Gasteiger partial charge in [-0.25, -0.2) is 9.37 Å². The predicted molar refractivity (Wildman–Crippen MR) is 92.3 cm³/mol. The fourth-order valence-corrected chi connectivity index (χ4v) is 3.44. The third-order valence-corrected chi connectivity index (χ3v) is 4.89. The second-order valence-corrected chi connectivity index (χ2v) is 6.98. The number of carbonyl (C=O) groups is 1. The highest BCUT2D eigenvalue weighted by Crippen LogP contribution is 2.16. The Balaban J connectivity index is 1.58. The van der Waals surface area contributed by atoms with Crippen LogP contribution in [0.3, 0.4) is 0 Å². The summed E-state index contributed by atoms with van der Waals surface area (Å²) in [6, 6.07) is 6.33. The summed E-state index contributed by atoms with van der Waals surface area (Å²) >= 11 is 1.36. The monoisotopic (exact) mass is 365 g/mol. The van der Waals surface area contributed by atoms with Crippen LogP contribution in [0.4, 0.5) is 4.39 Å².